The summed E-state index contributed by atoms with van der Waals surface area (Å²) in [5.74, 6) is 0. The highest BCUT2D eigenvalue weighted by Crippen LogP contribution is 2.24. The number of hydrogen-bond acceptors (Lipinski definition) is 3. The Hall–Kier alpha value is -1.19. The van der Waals surface area contributed by atoms with E-state index < -0.39 is 0 Å². The zero-order valence-corrected chi connectivity index (χ0v) is 10.1. The van der Waals surface area contributed by atoms with Crippen molar-refractivity contribution in [1.82, 2.24) is 4.98 Å². The smallest absolute Gasteiger partial charge is 0.0901 e. The molecule has 1 aromatic heterocycles. The summed E-state index contributed by atoms with van der Waals surface area (Å²) < 4.78 is 0. The maximum atomic E-state index is 9.97. The Bertz CT molecular complexity index is 438. The second-order valence-corrected chi connectivity index (χ2v) is 5.09. The van der Waals surface area contributed by atoms with E-state index in [1.807, 2.05) is 25.1 Å². The molecule has 1 unspecified atom stereocenters. The van der Waals surface area contributed by atoms with Crippen LogP contribution in [0.3, 0.4) is 0 Å². The number of aromatic nitrogens is 1. The van der Waals surface area contributed by atoms with Gasteiger partial charge in [-0.3, -0.25) is 0 Å². The predicted octanol–water partition coefficient (Wildman–Crippen LogP) is 3.12. The lowest BCUT2D eigenvalue weighted by Gasteiger charge is -2.07. The van der Waals surface area contributed by atoms with Crippen LogP contribution in [0.2, 0.25) is 0 Å². The first-order valence-corrected chi connectivity index (χ1v) is 6.21. The molecular weight excluding hydrogens is 218 g/mol. The summed E-state index contributed by atoms with van der Waals surface area (Å²) in [4.78, 5) is 5.12. The van der Waals surface area contributed by atoms with Crippen molar-refractivity contribution in [2.75, 3.05) is 0 Å². The Morgan fingerprint density at radius 3 is 2.69 bits per heavy atom. The molecule has 84 valence electrons. The molecule has 0 aliphatic carbocycles. The monoisotopic (exact) mass is 233 g/mol. The maximum Gasteiger partial charge on any atom is 0.0901 e. The Labute approximate surface area is 99.6 Å². The minimum Gasteiger partial charge on any atom is -0.388 e. The fourth-order valence-corrected chi connectivity index (χ4v) is 2.43. The average Bonchev–Trinajstić information content (AvgIpc) is 2.74. The van der Waals surface area contributed by atoms with Crippen LogP contribution in [0.25, 0.3) is 0 Å². The summed E-state index contributed by atoms with van der Waals surface area (Å²) >= 11 is 1.57. The third-order valence-electron chi connectivity index (χ3n) is 2.52. The van der Waals surface area contributed by atoms with Crippen LogP contribution in [-0.4, -0.2) is 10.1 Å². The summed E-state index contributed by atoms with van der Waals surface area (Å²) in [5.41, 5.74) is 1.27. The highest BCUT2D eigenvalue weighted by Gasteiger charge is 2.10. The normalized spacial score (nSPS) is 12.6. The lowest BCUT2D eigenvalue weighted by atomic mass is 10.1. The van der Waals surface area contributed by atoms with E-state index in [1.165, 1.54) is 5.56 Å². The van der Waals surface area contributed by atoms with Gasteiger partial charge in [0.2, 0.25) is 0 Å². The van der Waals surface area contributed by atoms with E-state index in [4.69, 9.17) is 0 Å². The fourth-order valence-electron chi connectivity index (χ4n) is 1.62. The molecule has 0 aliphatic heterocycles. The van der Waals surface area contributed by atoms with Crippen molar-refractivity contribution < 1.29 is 5.11 Å². The van der Waals surface area contributed by atoms with Crippen LogP contribution < -0.4 is 0 Å². The van der Waals surface area contributed by atoms with Crippen LogP contribution in [0.15, 0.2) is 36.5 Å². The average molecular weight is 233 g/mol. The van der Waals surface area contributed by atoms with E-state index in [9.17, 15) is 5.11 Å². The van der Waals surface area contributed by atoms with Crippen LogP contribution >= 0.6 is 11.3 Å². The molecule has 2 nitrogen and oxygen atoms in total. The second kappa shape index (κ2) is 5.23. The van der Waals surface area contributed by atoms with E-state index in [1.54, 1.807) is 17.5 Å². The van der Waals surface area contributed by atoms with Gasteiger partial charge in [0.25, 0.3) is 0 Å². The Morgan fingerprint density at radius 2 is 2.06 bits per heavy atom. The zero-order chi connectivity index (χ0) is 11.4. The Morgan fingerprint density at radius 1 is 1.31 bits per heavy atom. The van der Waals surface area contributed by atoms with Crippen LogP contribution in [0, 0.1) is 6.92 Å². The van der Waals surface area contributed by atoms with Crippen molar-refractivity contribution in [2.45, 2.75) is 25.9 Å². The first kappa shape index (κ1) is 11.3. The van der Waals surface area contributed by atoms with Gasteiger partial charge in [-0.15, -0.1) is 11.3 Å². The topological polar surface area (TPSA) is 33.1 Å². The van der Waals surface area contributed by atoms with Gasteiger partial charge in [0.05, 0.1) is 16.0 Å². The molecule has 1 atom stereocenters. The highest BCUT2D eigenvalue weighted by molar-refractivity contribution is 7.11. The quantitative estimate of drug-likeness (QED) is 0.880. The highest BCUT2D eigenvalue weighted by atomic mass is 32.1. The van der Waals surface area contributed by atoms with Crippen molar-refractivity contribution in [3.63, 3.8) is 0 Å². The van der Waals surface area contributed by atoms with E-state index >= 15 is 0 Å². The summed E-state index contributed by atoms with van der Waals surface area (Å²) in [6, 6.07) is 10.2. The molecule has 3 heteroatoms. The largest absolute Gasteiger partial charge is 0.388 e. The molecule has 0 radical (unpaired) electrons. The van der Waals surface area contributed by atoms with E-state index in [2.05, 4.69) is 17.1 Å². The Balaban J connectivity index is 1.91. The fraction of sp³-hybridized carbons (Fsp3) is 0.308. The molecule has 1 N–H and O–H groups in total. The van der Waals surface area contributed by atoms with Crippen LogP contribution in [0.5, 0.6) is 0 Å². The molecule has 2 rings (SSSR count). The van der Waals surface area contributed by atoms with Gasteiger partial charge in [-0.25, -0.2) is 4.98 Å². The van der Waals surface area contributed by atoms with Crippen molar-refractivity contribution >= 4 is 11.3 Å². The SMILES string of the molecule is Cc1ncc(C(O)CCc2ccccc2)s1. The molecular formula is C13H15NOS. The minimum absolute atomic E-state index is 0.383. The first-order valence-electron chi connectivity index (χ1n) is 5.40. The number of aliphatic hydroxyl groups excluding tert-OH is 1. The summed E-state index contributed by atoms with van der Waals surface area (Å²) in [6.45, 7) is 1.96. The molecule has 0 amide bonds. The summed E-state index contributed by atoms with van der Waals surface area (Å²) in [7, 11) is 0. The molecule has 0 saturated heterocycles. The number of nitrogens with zero attached hydrogens (tertiary/aromatic N) is 1. The molecule has 16 heavy (non-hydrogen) atoms. The van der Waals surface area contributed by atoms with Gasteiger partial charge >= 0.3 is 0 Å². The molecule has 1 aromatic carbocycles. The van der Waals surface area contributed by atoms with E-state index in [-0.39, 0.29) is 6.10 Å². The van der Waals surface area contributed by atoms with E-state index in [0.717, 1.165) is 22.7 Å². The molecule has 0 spiro atoms. The zero-order valence-electron chi connectivity index (χ0n) is 9.26. The van der Waals surface area contributed by atoms with Crippen molar-refractivity contribution in [1.29, 1.82) is 0 Å². The first-order chi connectivity index (χ1) is 7.75. The predicted molar refractivity (Wildman–Crippen MR) is 66.6 cm³/mol. The lowest BCUT2D eigenvalue weighted by Crippen LogP contribution is -1.97. The molecule has 0 fully saturated rings. The molecule has 0 aliphatic rings. The van der Waals surface area contributed by atoms with Crippen LogP contribution in [0.1, 0.15) is 28.0 Å². The number of aliphatic hydroxyl groups is 1. The third kappa shape index (κ3) is 2.90. The lowest BCUT2D eigenvalue weighted by molar-refractivity contribution is 0.171. The standard InChI is InChI=1S/C13H15NOS/c1-10-14-9-13(16-10)12(15)8-7-11-5-3-2-4-6-11/h2-6,9,12,15H,7-8H2,1H3. The second-order valence-electron chi connectivity index (χ2n) is 3.82. The maximum absolute atomic E-state index is 9.97. The number of aryl methyl sites for hydroxylation is 2. The molecule has 0 bridgehead atoms. The van der Waals surface area contributed by atoms with Crippen LogP contribution in [-0.2, 0) is 6.42 Å². The van der Waals surface area contributed by atoms with Crippen LogP contribution in [0.4, 0.5) is 0 Å². The molecule has 1 heterocycles. The van der Waals surface area contributed by atoms with Gasteiger partial charge in [-0.05, 0) is 25.3 Å². The number of benzene rings is 1. The summed E-state index contributed by atoms with van der Waals surface area (Å²) in [6.07, 6.45) is 3.05. The van der Waals surface area contributed by atoms with Gasteiger partial charge in [0.15, 0.2) is 0 Å². The van der Waals surface area contributed by atoms with Gasteiger partial charge in [-0.1, -0.05) is 30.3 Å². The van der Waals surface area contributed by atoms with Gasteiger partial charge in [0, 0.05) is 6.20 Å². The van der Waals surface area contributed by atoms with E-state index in [0.29, 0.717) is 0 Å². The van der Waals surface area contributed by atoms with Crippen molar-refractivity contribution in [3.8, 4) is 0 Å². The summed E-state index contributed by atoms with van der Waals surface area (Å²) in [5, 5.41) is 11.0. The van der Waals surface area contributed by atoms with Crippen molar-refractivity contribution in [3.05, 3.63) is 52.0 Å². The minimum atomic E-state index is -0.383. The number of rotatable bonds is 4. The molecule has 0 saturated carbocycles. The van der Waals surface area contributed by atoms with Gasteiger partial charge in [-0.2, -0.15) is 0 Å². The van der Waals surface area contributed by atoms with Gasteiger partial charge in [0.1, 0.15) is 0 Å². The molecule has 2 aromatic rings. The van der Waals surface area contributed by atoms with Gasteiger partial charge < -0.3 is 5.11 Å². The number of thiazole rings is 1. The number of hydrogen-bond donors (Lipinski definition) is 1. The van der Waals surface area contributed by atoms with Crippen molar-refractivity contribution in [2.24, 2.45) is 0 Å². The Kier molecular flexibility index (Phi) is 3.70. The third-order valence-corrected chi connectivity index (χ3v) is 3.53.